The molecule has 1 aromatic heterocycles. The number of benzene rings is 2. The second-order valence-corrected chi connectivity index (χ2v) is 5.85. The SMILES string of the molecule is O=c1oc(Nc2ccccc2)nc2c(Br)cc(Br)cc12. The van der Waals surface area contributed by atoms with Gasteiger partial charge in [0, 0.05) is 14.6 Å². The molecular formula is C14H8Br2N2O2. The first-order valence-corrected chi connectivity index (χ1v) is 7.34. The van der Waals surface area contributed by atoms with E-state index in [1.165, 1.54) is 0 Å². The van der Waals surface area contributed by atoms with Crippen LogP contribution in [0.1, 0.15) is 0 Å². The zero-order chi connectivity index (χ0) is 14.1. The summed E-state index contributed by atoms with van der Waals surface area (Å²) in [5, 5.41) is 3.39. The Kier molecular flexibility index (Phi) is 3.58. The molecule has 20 heavy (non-hydrogen) atoms. The van der Waals surface area contributed by atoms with Gasteiger partial charge in [0.15, 0.2) is 0 Å². The molecule has 3 aromatic rings. The van der Waals surface area contributed by atoms with Crippen LogP contribution in [0.3, 0.4) is 0 Å². The molecule has 0 amide bonds. The largest absolute Gasteiger partial charge is 0.388 e. The van der Waals surface area contributed by atoms with E-state index in [2.05, 4.69) is 42.2 Å². The number of nitrogens with zero attached hydrogens (tertiary/aromatic N) is 1. The highest BCUT2D eigenvalue weighted by molar-refractivity contribution is 9.11. The van der Waals surface area contributed by atoms with Crippen LogP contribution in [0.5, 0.6) is 0 Å². The lowest BCUT2D eigenvalue weighted by molar-refractivity contribution is 0.522. The first kappa shape index (κ1) is 13.3. The van der Waals surface area contributed by atoms with Crippen molar-refractivity contribution < 1.29 is 4.42 Å². The van der Waals surface area contributed by atoms with Gasteiger partial charge in [-0.2, -0.15) is 4.98 Å². The summed E-state index contributed by atoms with van der Waals surface area (Å²) < 4.78 is 6.70. The minimum atomic E-state index is -0.435. The van der Waals surface area contributed by atoms with Gasteiger partial charge in [-0.1, -0.05) is 34.1 Å². The molecule has 0 spiro atoms. The van der Waals surface area contributed by atoms with Crippen LogP contribution in [0.4, 0.5) is 11.7 Å². The summed E-state index contributed by atoms with van der Waals surface area (Å²) in [6.07, 6.45) is 0. The Hall–Kier alpha value is -1.66. The third kappa shape index (κ3) is 2.62. The van der Waals surface area contributed by atoms with Crippen molar-refractivity contribution in [1.82, 2.24) is 4.98 Å². The zero-order valence-corrected chi connectivity index (χ0v) is 13.2. The van der Waals surface area contributed by atoms with E-state index in [0.717, 1.165) is 14.6 Å². The topological polar surface area (TPSA) is 55.1 Å². The second-order valence-electron chi connectivity index (χ2n) is 4.08. The number of para-hydroxylation sites is 1. The maximum atomic E-state index is 12.0. The molecule has 100 valence electrons. The van der Waals surface area contributed by atoms with Crippen molar-refractivity contribution >= 4 is 54.5 Å². The van der Waals surface area contributed by atoms with Crippen molar-refractivity contribution in [2.24, 2.45) is 0 Å². The van der Waals surface area contributed by atoms with E-state index in [-0.39, 0.29) is 6.01 Å². The Morgan fingerprint density at radius 3 is 2.60 bits per heavy atom. The predicted octanol–water partition coefficient (Wildman–Crippen LogP) is 4.46. The molecule has 4 nitrogen and oxygen atoms in total. The van der Waals surface area contributed by atoms with Gasteiger partial charge >= 0.3 is 11.6 Å². The Balaban J connectivity index is 2.13. The van der Waals surface area contributed by atoms with Crippen molar-refractivity contribution in [3.05, 3.63) is 61.8 Å². The van der Waals surface area contributed by atoms with Gasteiger partial charge in [0.05, 0.1) is 10.9 Å². The normalized spacial score (nSPS) is 10.7. The average molecular weight is 396 g/mol. The van der Waals surface area contributed by atoms with E-state index in [0.29, 0.717) is 10.9 Å². The molecule has 1 heterocycles. The molecule has 0 bridgehead atoms. The van der Waals surface area contributed by atoms with E-state index in [1.54, 1.807) is 6.07 Å². The van der Waals surface area contributed by atoms with Crippen molar-refractivity contribution in [2.75, 3.05) is 5.32 Å². The summed E-state index contributed by atoms with van der Waals surface area (Å²) in [5.74, 6) is 0. The van der Waals surface area contributed by atoms with E-state index in [4.69, 9.17) is 4.42 Å². The lowest BCUT2D eigenvalue weighted by Crippen LogP contribution is -2.05. The summed E-state index contributed by atoms with van der Waals surface area (Å²) >= 11 is 6.74. The highest BCUT2D eigenvalue weighted by Crippen LogP contribution is 2.26. The highest BCUT2D eigenvalue weighted by Gasteiger charge is 2.10. The molecule has 0 atom stereocenters. The van der Waals surface area contributed by atoms with Crippen LogP contribution in [0.25, 0.3) is 10.9 Å². The van der Waals surface area contributed by atoms with Crippen molar-refractivity contribution in [3.8, 4) is 0 Å². The van der Waals surface area contributed by atoms with E-state index < -0.39 is 5.63 Å². The number of hydrogen-bond acceptors (Lipinski definition) is 4. The number of nitrogens with one attached hydrogen (secondary N) is 1. The number of hydrogen-bond donors (Lipinski definition) is 1. The van der Waals surface area contributed by atoms with Gasteiger partial charge in [-0.3, -0.25) is 0 Å². The van der Waals surface area contributed by atoms with Crippen LogP contribution in [0.15, 0.2) is 60.6 Å². The van der Waals surface area contributed by atoms with E-state index in [1.807, 2.05) is 36.4 Å². The van der Waals surface area contributed by atoms with Crippen LogP contribution in [0.2, 0.25) is 0 Å². The fourth-order valence-corrected chi connectivity index (χ4v) is 3.11. The summed E-state index contributed by atoms with van der Waals surface area (Å²) in [4.78, 5) is 16.3. The molecule has 1 N–H and O–H groups in total. The molecule has 0 unspecified atom stereocenters. The van der Waals surface area contributed by atoms with Crippen LogP contribution < -0.4 is 10.9 Å². The summed E-state index contributed by atoms with van der Waals surface area (Å²) in [6, 6.07) is 13.1. The Morgan fingerprint density at radius 1 is 1.10 bits per heavy atom. The minimum absolute atomic E-state index is 0.164. The Labute approximate surface area is 131 Å². The molecule has 6 heteroatoms. The summed E-state index contributed by atoms with van der Waals surface area (Å²) in [6.45, 7) is 0. The lowest BCUT2D eigenvalue weighted by Gasteiger charge is -2.05. The van der Waals surface area contributed by atoms with Crippen LogP contribution >= 0.6 is 31.9 Å². The van der Waals surface area contributed by atoms with Gasteiger partial charge < -0.3 is 9.73 Å². The van der Waals surface area contributed by atoms with Crippen LogP contribution in [0, 0.1) is 0 Å². The molecule has 0 aliphatic heterocycles. The molecule has 0 aliphatic carbocycles. The van der Waals surface area contributed by atoms with Gasteiger partial charge in [0.25, 0.3) is 0 Å². The third-order valence-electron chi connectivity index (χ3n) is 2.68. The number of fused-ring (bicyclic) bond motifs is 1. The summed E-state index contributed by atoms with van der Waals surface area (Å²) in [5.41, 5.74) is 0.925. The smallest absolute Gasteiger partial charge is 0.348 e. The van der Waals surface area contributed by atoms with Crippen molar-refractivity contribution in [2.45, 2.75) is 0 Å². The molecule has 0 radical (unpaired) electrons. The molecule has 0 saturated heterocycles. The van der Waals surface area contributed by atoms with Gasteiger partial charge in [-0.15, -0.1) is 0 Å². The standard InChI is InChI=1S/C14H8Br2N2O2/c15-8-6-10-12(11(16)7-8)18-14(20-13(10)19)17-9-4-2-1-3-5-9/h1-7H,(H,17,18). The van der Waals surface area contributed by atoms with Gasteiger partial charge in [0.2, 0.25) is 0 Å². The number of rotatable bonds is 2. The van der Waals surface area contributed by atoms with E-state index in [9.17, 15) is 4.79 Å². The maximum Gasteiger partial charge on any atom is 0.348 e. The number of halogens is 2. The monoisotopic (exact) mass is 394 g/mol. The van der Waals surface area contributed by atoms with Gasteiger partial charge in [-0.25, -0.2) is 4.79 Å². The highest BCUT2D eigenvalue weighted by atomic mass is 79.9. The predicted molar refractivity (Wildman–Crippen MR) is 85.4 cm³/mol. The van der Waals surface area contributed by atoms with Crippen LogP contribution in [-0.4, -0.2) is 4.98 Å². The Morgan fingerprint density at radius 2 is 1.85 bits per heavy atom. The van der Waals surface area contributed by atoms with Crippen molar-refractivity contribution in [1.29, 1.82) is 0 Å². The maximum absolute atomic E-state index is 12.0. The van der Waals surface area contributed by atoms with Gasteiger partial charge in [0.1, 0.15) is 0 Å². The molecule has 0 saturated carbocycles. The number of aromatic nitrogens is 1. The second kappa shape index (κ2) is 5.38. The molecular weight excluding hydrogens is 388 g/mol. The fourth-order valence-electron chi connectivity index (χ4n) is 1.80. The Bertz CT molecular complexity index is 832. The van der Waals surface area contributed by atoms with E-state index >= 15 is 0 Å². The molecule has 0 aliphatic rings. The molecule has 0 fully saturated rings. The van der Waals surface area contributed by atoms with Gasteiger partial charge in [-0.05, 0) is 40.2 Å². The zero-order valence-electron chi connectivity index (χ0n) is 10.1. The minimum Gasteiger partial charge on any atom is -0.388 e. The first-order valence-electron chi connectivity index (χ1n) is 5.75. The van der Waals surface area contributed by atoms with Crippen molar-refractivity contribution in [3.63, 3.8) is 0 Å². The summed E-state index contributed by atoms with van der Waals surface area (Å²) in [7, 11) is 0. The third-order valence-corrected chi connectivity index (χ3v) is 3.74. The number of anilines is 2. The lowest BCUT2D eigenvalue weighted by atomic mass is 10.2. The molecule has 2 aromatic carbocycles. The fraction of sp³-hybridized carbons (Fsp3) is 0. The first-order chi connectivity index (χ1) is 9.63. The van der Waals surface area contributed by atoms with Crippen LogP contribution in [-0.2, 0) is 0 Å². The average Bonchev–Trinajstić information content (AvgIpc) is 2.41. The quantitative estimate of drug-likeness (QED) is 0.696. The molecule has 3 rings (SSSR count).